The molecule has 106 heavy (non-hydrogen) atoms. The highest BCUT2D eigenvalue weighted by molar-refractivity contribution is 7.47. The molecule has 0 aromatic heterocycles. The lowest BCUT2D eigenvalue weighted by Crippen LogP contribution is -2.30. The monoisotopic (exact) mass is 1520 g/mol. The van der Waals surface area contributed by atoms with Crippen LogP contribution in [0.15, 0.2) is 158 Å². The van der Waals surface area contributed by atoms with Crippen molar-refractivity contribution in [2.75, 3.05) is 39.6 Å². The van der Waals surface area contributed by atoms with E-state index < -0.39 is 97.5 Å². The number of carbonyl (C=O) groups is 4. The van der Waals surface area contributed by atoms with E-state index in [0.717, 1.165) is 173 Å². The van der Waals surface area contributed by atoms with Gasteiger partial charge < -0.3 is 33.8 Å². The average molecular weight is 1520 g/mol. The van der Waals surface area contributed by atoms with Crippen LogP contribution in [0, 0.1) is 0 Å². The van der Waals surface area contributed by atoms with Crippen LogP contribution < -0.4 is 0 Å². The number of phosphoric ester groups is 2. The number of aliphatic hydroxyl groups excluding tert-OH is 1. The van der Waals surface area contributed by atoms with Gasteiger partial charge in [0.05, 0.1) is 26.4 Å². The third kappa shape index (κ3) is 76.9. The first-order chi connectivity index (χ1) is 51.7. The number of hydrogen-bond donors (Lipinski definition) is 3. The number of aliphatic hydroxyl groups is 1. The van der Waals surface area contributed by atoms with Crippen molar-refractivity contribution in [1.29, 1.82) is 0 Å². The Morgan fingerprint density at radius 1 is 0.274 bits per heavy atom. The summed E-state index contributed by atoms with van der Waals surface area (Å²) >= 11 is 0. The number of unbranched alkanes of at least 4 members (excludes halogenated alkanes) is 23. The predicted octanol–water partition coefficient (Wildman–Crippen LogP) is 24.0. The van der Waals surface area contributed by atoms with Crippen molar-refractivity contribution in [2.24, 2.45) is 0 Å². The van der Waals surface area contributed by atoms with E-state index in [2.05, 4.69) is 174 Å². The number of hydrogen-bond acceptors (Lipinski definition) is 15. The summed E-state index contributed by atoms with van der Waals surface area (Å²) in [5.41, 5.74) is 0. The maximum atomic E-state index is 13.1. The lowest BCUT2D eigenvalue weighted by Gasteiger charge is -2.21. The molecule has 5 atom stereocenters. The minimum Gasteiger partial charge on any atom is -0.462 e. The second-order valence-electron chi connectivity index (χ2n) is 26.6. The second-order valence-corrected chi connectivity index (χ2v) is 29.5. The molecule has 0 saturated carbocycles. The fraction of sp³-hybridized carbons (Fsp3) is 0.655. The molecule has 19 heteroatoms. The zero-order chi connectivity index (χ0) is 77.4. The maximum absolute atomic E-state index is 13.1. The number of esters is 4. The summed E-state index contributed by atoms with van der Waals surface area (Å²) in [4.78, 5) is 73.1. The first-order valence-corrected chi connectivity index (χ1v) is 43.7. The van der Waals surface area contributed by atoms with E-state index in [1.165, 1.54) is 51.4 Å². The summed E-state index contributed by atoms with van der Waals surface area (Å²) in [6.07, 6.45) is 90.8. The molecule has 0 fully saturated rings. The van der Waals surface area contributed by atoms with Gasteiger partial charge in [0.25, 0.3) is 0 Å². The minimum atomic E-state index is -5.00. The fourth-order valence-corrected chi connectivity index (χ4v) is 12.0. The van der Waals surface area contributed by atoms with Crippen LogP contribution in [0.3, 0.4) is 0 Å². The lowest BCUT2D eigenvalue weighted by molar-refractivity contribution is -0.161. The topological polar surface area (TPSA) is 237 Å². The van der Waals surface area contributed by atoms with Crippen molar-refractivity contribution in [2.45, 2.75) is 329 Å². The van der Waals surface area contributed by atoms with Gasteiger partial charge in [-0.25, -0.2) is 9.13 Å². The predicted molar refractivity (Wildman–Crippen MR) is 436 cm³/mol. The Morgan fingerprint density at radius 2 is 0.500 bits per heavy atom. The Kier molecular flexibility index (Phi) is 73.9. The van der Waals surface area contributed by atoms with E-state index in [-0.39, 0.29) is 25.7 Å². The third-order valence-electron chi connectivity index (χ3n) is 16.5. The van der Waals surface area contributed by atoms with Gasteiger partial charge in [-0.15, -0.1) is 0 Å². The fourth-order valence-electron chi connectivity index (χ4n) is 10.4. The molecule has 0 heterocycles. The van der Waals surface area contributed by atoms with Crippen molar-refractivity contribution < 1.29 is 80.2 Å². The van der Waals surface area contributed by atoms with Gasteiger partial charge in [0.2, 0.25) is 0 Å². The van der Waals surface area contributed by atoms with Gasteiger partial charge >= 0.3 is 39.5 Å². The molecule has 3 N–H and O–H groups in total. The smallest absolute Gasteiger partial charge is 0.462 e. The second kappa shape index (κ2) is 77.8. The van der Waals surface area contributed by atoms with E-state index in [9.17, 15) is 43.2 Å². The van der Waals surface area contributed by atoms with Crippen LogP contribution in [0.25, 0.3) is 0 Å². The highest BCUT2D eigenvalue weighted by Gasteiger charge is 2.30. The molecule has 0 aliphatic carbocycles. The maximum Gasteiger partial charge on any atom is 0.472 e. The number of carbonyl (C=O) groups excluding carboxylic acids is 4. The Bertz CT molecular complexity index is 2630. The normalized spacial score (nSPS) is 14.7. The van der Waals surface area contributed by atoms with Crippen LogP contribution >= 0.6 is 15.6 Å². The highest BCUT2D eigenvalue weighted by Crippen LogP contribution is 2.45. The molecule has 0 bridgehead atoms. The summed E-state index contributed by atoms with van der Waals surface area (Å²) in [5, 5.41) is 10.7. The molecular weight excluding hydrogens is 1380 g/mol. The summed E-state index contributed by atoms with van der Waals surface area (Å²) in [6.45, 7) is 4.44. The first-order valence-electron chi connectivity index (χ1n) is 40.7. The first kappa shape index (κ1) is 101. The van der Waals surface area contributed by atoms with E-state index in [1.807, 2.05) is 12.2 Å². The summed E-state index contributed by atoms with van der Waals surface area (Å²) in [7, 11) is -9.99. The van der Waals surface area contributed by atoms with Gasteiger partial charge in [0.1, 0.15) is 19.3 Å². The molecule has 0 aromatic carbocycles. The lowest BCUT2D eigenvalue weighted by atomic mass is 10.0. The third-order valence-corrected chi connectivity index (χ3v) is 18.4. The molecule has 0 radical (unpaired) electrons. The number of ether oxygens (including phenoxy) is 4. The van der Waals surface area contributed by atoms with E-state index in [1.54, 1.807) is 0 Å². The van der Waals surface area contributed by atoms with Gasteiger partial charge in [-0.2, -0.15) is 0 Å². The van der Waals surface area contributed by atoms with Crippen molar-refractivity contribution in [3.63, 3.8) is 0 Å². The van der Waals surface area contributed by atoms with Crippen molar-refractivity contribution in [1.82, 2.24) is 0 Å². The molecule has 0 aliphatic heterocycles. The minimum absolute atomic E-state index is 0.0498. The van der Waals surface area contributed by atoms with Crippen LogP contribution in [0.5, 0.6) is 0 Å². The molecule has 5 unspecified atom stereocenters. The Balaban J connectivity index is 5.44. The van der Waals surface area contributed by atoms with Crippen LogP contribution in [0.1, 0.15) is 310 Å². The van der Waals surface area contributed by atoms with Crippen molar-refractivity contribution in [3.8, 4) is 0 Å². The SMILES string of the molecule is CC/C=C\C/C=C\C/C=C\C/C=C\C/C=C\CCCC(=O)OCC(COP(=O)(O)OCC(O)COP(=O)(O)OCC(COC(=O)CCCCCCCC/C=C\C/C=C\C/C=C\C/C=C\CC)OC(=O)CCCCCCCCCCCCCCC)OC(=O)CCCCCC/C=C\C/C=C\C/C=C\C/C=C\CC. The Hall–Kier alpha value is -5.32. The molecule has 0 rings (SSSR count). The summed E-state index contributed by atoms with van der Waals surface area (Å²) in [5.74, 6) is -2.29. The summed E-state index contributed by atoms with van der Waals surface area (Å²) in [6, 6.07) is 0. The summed E-state index contributed by atoms with van der Waals surface area (Å²) < 4.78 is 68.6. The molecule has 604 valence electrons. The molecule has 0 amide bonds. The molecule has 0 saturated heterocycles. The molecule has 0 spiro atoms. The molecule has 17 nitrogen and oxygen atoms in total. The van der Waals surface area contributed by atoms with Crippen molar-refractivity contribution in [3.05, 3.63) is 158 Å². The number of rotatable bonds is 75. The highest BCUT2D eigenvalue weighted by atomic mass is 31.2. The number of phosphoric acid groups is 2. The van der Waals surface area contributed by atoms with Gasteiger partial charge in [-0.05, 0) is 141 Å². The largest absolute Gasteiger partial charge is 0.472 e. The van der Waals surface area contributed by atoms with E-state index >= 15 is 0 Å². The Morgan fingerprint density at radius 3 is 0.792 bits per heavy atom. The van der Waals surface area contributed by atoms with Gasteiger partial charge in [-0.3, -0.25) is 37.3 Å². The van der Waals surface area contributed by atoms with Gasteiger partial charge in [-0.1, -0.05) is 301 Å². The van der Waals surface area contributed by atoms with E-state index in [0.29, 0.717) is 32.1 Å². The van der Waals surface area contributed by atoms with Gasteiger partial charge in [0.15, 0.2) is 12.2 Å². The standard InChI is InChI=1S/C87H144O17P2/c1-5-9-13-17-21-25-29-33-36-39-40-43-45-49-52-56-60-64-68-72-85(90)97-77-82(103-86(91)73-69-65-61-57-53-47-32-28-24-20-16-12-8-4)79-101-105(93,94)99-75-81(88)76-100-106(95,96)102-80-83(104-87(92)74-70-66-62-58-54-50-46-42-38-35-31-27-23-19-15-11-7-3)78-98-84(89)71-67-63-59-55-51-48-44-41-37-34-30-26-22-18-14-10-6-2/h9-11,13-15,21-23,25-27,33-38,40,43-44,46,48,50,55,59,81-83,88H,5-8,12,16-20,24,28-32,39,41-42,45,47,49,51-54,56-58,60-80H2,1-4H3,(H,93,94)(H,95,96)/b13-9-,14-10-,15-11-,25-21-,26-22-,27-23-,36-33-,37-34-,38-35-,43-40-,48-44-,50-46-,59-55-. The Labute approximate surface area is 642 Å². The molecular formula is C87H144O17P2. The average Bonchev–Trinajstić information content (AvgIpc) is 0.902. The van der Waals surface area contributed by atoms with Crippen LogP contribution in [0.2, 0.25) is 0 Å². The van der Waals surface area contributed by atoms with E-state index in [4.69, 9.17) is 37.0 Å². The number of allylic oxidation sites excluding steroid dienone is 26. The van der Waals surface area contributed by atoms with Crippen molar-refractivity contribution >= 4 is 39.5 Å². The van der Waals surface area contributed by atoms with Crippen LogP contribution in [-0.2, 0) is 65.4 Å². The van der Waals surface area contributed by atoms with Gasteiger partial charge in [0, 0.05) is 25.7 Å². The molecule has 0 aliphatic rings. The van der Waals surface area contributed by atoms with Crippen LogP contribution in [0.4, 0.5) is 0 Å². The zero-order valence-electron chi connectivity index (χ0n) is 66.1. The molecule has 0 aromatic rings. The van der Waals surface area contributed by atoms with Crippen LogP contribution in [-0.4, -0.2) is 96.7 Å². The quantitative estimate of drug-likeness (QED) is 0.0169. The zero-order valence-corrected chi connectivity index (χ0v) is 67.8.